The maximum absolute atomic E-state index is 11.4. The van der Waals surface area contributed by atoms with Gasteiger partial charge in [0.2, 0.25) is 0 Å². The van der Waals surface area contributed by atoms with E-state index < -0.39 is 22.7 Å². The number of aliphatic hydroxyl groups is 4. The van der Waals surface area contributed by atoms with Gasteiger partial charge in [-0.15, -0.1) is 0 Å². The molecule has 4 heteroatoms. The summed E-state index contributed by atoms with van der Waals surface area (Å²) < 4.78 is 0. The molecule has 0 aromatic heterocycles. The zero-order chi connectivity index (χ0) is 33.3. The van der Waals surface area contributed by atoms with E-state index >= 15 is 0 Å². The molecule has 0 spiro atoms. The maximum Gasteiger partial charge on any atom is 0.117 e. The van der Waals surface area contributed by atoms with Crippen molar-refractivity contribution in [3.63, 3.8) is 0 Å². The molecular weight excluding hydrogens is 544 g/mol. The lowest BCUT2D eigenvalue weighted by molar-refractivity contribution is -0.216. The highest BCUT2D eigenvalue weighted by Crippen LogP contribution is 2.50. The third-order valence-electron chi connectivity index (χ3n) is 9.07. The summed E-state index contributed by atoms with van der Waals surface area (Å²) in [6.07, 6.45) is 29.6. The fraction of sp³-hybridized carbons (Fsp3) is 0.500. The van der Waals surface area contributed by atoms with Crippen molar-refractivity contribution < 1.29 is 20.4 Å². The molecule has 2 aliphatic rings. The van der Waals surface area contributed by atoms with Gasteiger partial charge in [-0.3, -0.25) is 0 Å². The Morgan fingerprint density at radius 1 is 0.636 bits per heavy atom. The highest BCUT2D eigenvalue weighted by Gasteiger charge is 2.58. The average molecular weight is 603 g/mol. The molecular formula is C40H58O4. The summed E-state index contributed by atoms with van der Waals surface area (Å²) in [5.41, 5.74) is 3.44. The van der Waals surface area contributed by atoms with Crippen LogP contribution in [0.2, 0.25) is 0 Å². The standard InChI is InChI=1S/C40H58O4/c1-29(17-13-19-31(3)21-22-36-33(5)25-34(41)26-37(36,6)7)15-11-12-16-30(2)18-14-20-32(4)23-24-40(44)38(8,9)27-35(42)28-39(40,10)43/h11-24,34-35,41-44H,25-28H2,1-10H3/b12-11+,17-13+,18-14+,22-21+,24-23+,29-15+,30-16+,31-19-,32-20-/t34-,35+,39+,40+/m1/s1. The molecule has 0 bridgehead atoms. The molecule has 4 atom stereocenters. The summed E-state index contributed by atoms with van der Waals surface area (Å²) in [7, 11) is 0. The van der Waals surface area contributed by atoms with Crippen LogP contribution >= 0.6 is 0 Å². The van der Waals surface area contributed by atoms with Crippen LogP contribution in [0.25, 0.3) is 0 Å². The van der Waals surface area contributed by atoms with Crippen LogP contribution in [0, 0.1) is 10.8 Å². The molecule has 0 aromatic rings. The first-order chi connectivity index (χ1) is 20.3. The first-order valence-corrected chi connectivity index (χ1v) is 15.9. The van der Waals surface area contributed by atoms with Gasteiger partial charge < -0.3 is 20.4 Å². The SMILES string of the molecule is CC1=C(/C=C/C(C)=C\C=C\C(C)=C\C=C\C=C(C)\C=C\C=C(C)/C=C/[C@]2(O)C(C)(C)C[C@H](O)C[C@]2(C)O)C(C)(C)C[C@H](O)C1. The van der Waals surface area contributed by atoms with E-state index in [0.29, 0.717) is 6.42 Å². The molecule has 0 saturated heterocycles. The second kappa shape index (κ2) is 15.5. The first kappa shape index (κ1) is 37.4. The lowest BCUT2D eigenvalue weighted by Gasteiger charge is -2.54. The molecule has 0 heterocycles. The summed E-state index contributed by atoms with van der Waals surface area (Å²) in [6, 6.07) is 0. The molecule has 0 unspecified atom stereocenters. The summed E-state index contributed by atoms with van der Waals surface area (Å²) >= 11 is 0. The normalized spacial score (nSPS) is 31.1. The monoisotopic (exact) mass is 602 g/mol. The number of aliphatic hydroxyl groups excluding tert-OH is 2. The van der Waals surface area contributed by atoms with Crippen molar-refractivity contribution in [3.05, 3.63) is 119 Å². The maximum atomic E-state index is 11.4. The van der Waals surface area contributed by atoms with Gasteiger partial charge in [-0.1, -0.05) is 135 Å². The fourth-order valence-electron chi connectivity index (χ4n) is 6.55. The molecule has 4 nitrogen and oxygen atoms in total. The van der Waals surface area contributed by atoms with Crippen molar-refractivity contribution in [1.29, 1.82) is 0 Å². The Morgan fingerprint density at radius 3 is 1.61 bits per heavy atom. The predicted octanol–water partition coefficient (Wildman–Crippen LogP) is 8.71. The summed E-state index contributed by atoms with van der Waals surface area (Å²) in [5, 5.41) is 42.6. The molecule has 242 valence electrons. The molecule has 0 radical (unpaired) electrons. The Bertz CT molecular complexity index is 1300. The van der Waals surface area contributed by atoms with E-state index in [9.17, 15) is 20.4 Å². The molecule has 44 heavy (non-hydrogen) atoms. The van der Waals surface area contributed by atoms with Crippen LogP contribution in [-0.2, 0) is 0 Å². The van der Waals surface area contributed by atoms with Crippen molar-refractivity contribution in [2.45, 2.75) is 118 Å². The van der Waals surface area contributed by atoms with Gasteiger partial charge in [0, 0.05) is 11.8 Å². The lowest BCUT2D eigenvalue weighted by atomic mass is 9.57. The second-order valence-electron chi connectivity index (χ2n) is 14.5. The molecule has 2 aliphatic carbocycles. The van der Waals surface area contributed by atoms with Gasteiger partial charge >= 0.3 is 0 Å². The van der Waals surface area contributed by atoms with Crippen molar-refractivity contribution in [2.75, 3.05) is 0 Å². The minimum Gasteiger partial charge on any atom is -0.393 e. The fourth-order valence-corrected chi connectivity index (χ4v) is 6.55. The van der Waals surface area contributed by atoms with Gasteiger partial charge in [-0.25, -0.2) is 0 Å². The quantitative estimate of drug-likeness (QED) is 0.189. The molecule has 4 N–H and O–H groups in total. The van der Waals surface area contributed by atoms with Gasteiger partial charge in [0.05, 0.1) is 17.8 Å². The van der Waals surface area contributed by atoms with Crippen molar-refractivity contribution in [2.24, 2.45) is 10.8 Å². The van der Waals surface area contributed by atoms with Crippen molar-refractivity contribution in [3.8, 4) is 0 Å². The average Bonchev–Trinajstić information content (AvgIpc) is 2.87. The van der Waals surface area contributed by atoms with E-state index in [1.807, 2.05) is 64.2 Å². The van der Waals surface area contributed by atoms with E-state index in [0.717, 1.165) is 29.6 Å². The third-order valence-corrected chi connectivity index (χ3v) is 9.07. The Hall–Kier alpha value is -2.76. The summed E-state index contributed by atoms with van der Waals surface area (Å²) in [5.74, 6) is 0. The molecule has 0 aliphatic heterocycles. The minimum atomic E-state index is -1.44. The van der Waals surface area contributed by atoms with E-state index in [1.54, 1.807) is 13.0 Å². The molecule has 1 saturated carbocycles. The minimum absolute atomic E-state index is 0.0115. The van der Waals surface area contributed by atoms with Gasteiger partial charge in [0.1, 0.15) is 5.60 Å². The van der Waals surface area contributed by atoms with Crippen LogP contribution < -0.4 is 0 Å². The van der Waals surface area contributed by atoms with E-state index in [4.69, 9.17) is 0 Å². The number of hydrogen-bond donors (Lipinski definition) is 4. The van der Waals surface area contributed by atoms with Crippen LogP contribution in [0.15, 0.2) is 119 Å². The molecule has 2 rings (SSSR count). The second-order valence-corrected chi connectivity index (χ2v) is 14.5. The zero-order valence-corrected chi connectivity index (χ0v) is 28.9. The topological polar surface area (TPSA) is 80.9 Å². The van der Waals surface area contributed by atoms with Gasteiger partial charge in [-0.2, -0.15) is 0 Å². The van der Waals surface area contributed by atoms with Crippen LogP contribution in [0.5, 0.6) is 0 Å². The molecule has 0 aromatic carbocycles. The van der Waals surface area contributed by atoms with Crippen molar-refractivity contribution >= 4 is 0 Å². The lowest BCUT2D eigenvalue weighted by Crippen LogP contribution is -2.65. The van der Waals surface area contributed by atoms with E-state index in [-0.39, 0.29) is 17.9 Å². The van der Waals surface area contributed by atoms with Crippen LogP contribution in [0.1, 0.15) is 94.9 Å². The number of allylic oxidation sites excluding steroid dienone is 18. The zero-order valence-electron chi connectivity index (χ0n) is 28.9. The highest BCUT2D eigenvalue weighted by atomic mass is 16.4. The van der Waals surface area contributed by atoms with Crippen LogP contribution in [0.3, 0.4) is 0 Å². The van der Waals surface area contributed by atoms with Crippen LogP contribution in [-0.4, -0.2) is 43.8 Å². The first-order valence-electron chi connectivity index (χ1n) is 15.9. The van der Waals surface area contributed by atoms with E-state index in [2.05, 4.69) is 77.2 Å². The summed E-state index contributed by atoms with van der Waals surface area (Å²) in [4.78, 5) is 0. The Labute approximate surface area is 267 Å². The summed E-state index contributed by atoms with van der Waals surface area (Å²) in [6.45, 7) is 20.1. The Kier molecular flexibility index (Phi) is 13.2. The van der Waals surface area contributed by atoms with Crippen LogP contribution in [0.4, 0.5) is 0 Å². The van der Waals surface area contributed by atoms with Gasteiger partial charge in [0.15, 0.2) is 0 Å². The van der Waals surface area contributed by atoms with E-state index in [1.165, 1.54) is 16.7 Å². The van der Waals surface area contributed by atoms with Crippen molar-refractivity contribution in [1.82, 2.24) is 0 Å². The Morgan fingerprint density at radius 2 is 1.11 bits per heavy atom. The third kappa shape index (κ3) is 10.4. The highest BCUT2D eigenvalue weighted by molar-refractivity contribution is 5.38. The van der Waals surface area contributed by atoms with Gasteiger partial charge in [-0.05, 0) is 77.9 Å². The van der Waals surface area contributed by atoms with Gasteiger partial charge in [0.25, 0.3) is 0 Å². The Balaban J connectivity index is 1.94. The smallest absolute Gasteiger partial charge is 0.117 e. The number of hydrogen-bond acceptors (Lipinski definition) is 4. The number of rotatable bonds is 10. The molecule has 0 amide bonds. The largest absolute Gasteiger partial charge is 0.393 e. The molecule has 1 fully saturated rings. The predicted molar refractivity (Wildman–Crippen MR) is 187 cm³/mol.